The van der Waals surface area contributed by atoms with Crippen LogP contribution in [0.5, 0.6) is 0 Å². The highest BCUT2D eigenvalue weighted by Gasteiger charge is 2.04. The van der Waals surface area contributed by atoms with Crippen LogP contribution in [0.25, 0.3) is 0 Å². The first kappa shape index (κ1) is 13.8. The fourth-order valence-corrected chi connectivity index (χ4v) is 2.13. The summed E-state index contributed by atoms with van der Waals surface area (Å²) in [5, 5.41) is 3.44. The predicted octanol–water partition coefficient (Wildman–Crippen LogP) is 2.99. The SMILES string of the molecule is Cc1cccc(Cn2ccnc2CNCC(C)C)c1. The predicted molar refractivity (Wildman–Crippen MR) is 79.1 cm³/mol. The van der Waals surface area contributed by atoms with E-state index in [4.69, 9.17) is 0 Å². The first-order valence-electron chi connectivity index (χ1n) is 6.91. The van der Waals surface area contributed by atoms with Crippen molar-refractivity contribution in [1.29, 1.82) is 0 Å². The minimum absolute atomic E-state index is 0.667. The molecule has 3 heteroatoms. The Morgan fingerprint density at radius 1 is 1.32 bits per heavy atom. The molecule has 0 bridgehead atoms. The Balaban J connectivity index is 1.99. The number of nitrogens with zero attached hydrogens (tertiary/aromatic N) is 2. The van der Waals surface area contributed by atoms with Gasteiger partial charge in [-0.05, 0) is 24.9 Å². The highest BCUT2D eigenvalue weighted by molar-refractivity contribution is 5.22. The summed E-state index contributed by atoms with van der Waals surface area (Å²) in [7, 11) is 0. The topological polar surface area (TPSA) is 29.9 Å². The average Bonchev–Trinajstić information content (AvgIpc) is 2.76. The Morgan fingerprint density at radius 3 is 2.89 bits per heavy atom. The molecule has 1 aromatic heterocycles. The van der Waals surface area contributed by atoms with Gasteiger partial charge >= 0.3 is 0 Å². The van der Waals surface area contributed by atoms with E-state index in [1.54, 1.807) is 0 Å². The summed E-state index contributed by atoms with van der Waals surface area (Å²) in [6, 6.07) is 8.63. The van der Waals surface area contributed by atoms with Crippen LogP contribution in [0.2, 0.25) is 0 Å². The molecule has 0 saturated carbocycles. The molecule has 0 aliphatic heterocycles. The van der Waals surface area contributed by atoms with Gasteiger partial charge in [0.2, 0.25) is 0 Å². The van der Waals surface area contributed by atoms with Crippen LogP contribution in [0.4, 0.5) is 0 Å². The van der Waals surface area contributed by atoms with Crippen molar-refractivity contribution in [1.82, 2.24) is 14.9 Å². The third-order valence-corrected chi connectivity index (χ3v) is 3.07. The Kier molecular flexibility index (Phi) is 4.74. The zero-order chi connectivity index (χ0) is 13.7. The van der Waals surface area contributed by atoms with Gasteiger partial charge in [0.15, 0.2) is 0 Å². The highest BCUT2D eigenvalue weighted by atomic mass is 15.1. The van der Waals surface area contributed by atoms with Gasteiger partial charge in [0.1, 0.15) is 5.82 Å². The average molecular weight is 257 g/mol. The Hall–Kier alpha value is -1.61. The third-order valence-electron chi connectivity index (χ3n) is 3.07. The summed E-state index contributed by atoms with van der Waals surface area (Å²) in [4.78, 5) is 4.43. The van der Waals surface area contributed by atoms with Crippen LogP contribution in [-0.4, -0.2) is 16.1 Å². The lowest BCUT2D eigenvalue weighted by molar-refractivity contribution is 0.533. The van der Waals surface area contributed by atoms with Crippen molar-refractivity contribution in [3.8, 4) is 0 Å². The van der Waals surface area contributed by atoms with E-state index in [0.717, 1.165) is 25.5 Å². The lowest BCUT2D eigenvalue weighted by Gasteiger charge is -2.10. The summed E-state index contributed by atoms with van der Waals surface area (Å²) >= 11 is 0. The second kappa shape index (κ2) is 6.53. The summed E-state index contributed by atoms with van der Waals surface area (Å²) in [5.74, 6) is 1.77. The standard InChI is InChI=1S/C16H23N3/c1-13(2)10-17-11-16-18-7-8-19(16)12-15-6-4-5-14(3)9-15/h4-9,13,17H,10-12H2,1-3H3. The van der Waals surface area contributed by atoms with Crippen LogP contribution >= 0.6 is 0 Å². The van der Waals surface area contributed by atoms with E-state index in [2.05, 4.69) is 66.1 Å². The van der Waals surface area contributed by atoms with E-state index in [0.29, 0.717) is 5.92 Å². The number of nitrogens with one attached hydrogen (secondary N) is 1. The number of aromatic nitrogens is 2. The van der Waals surface area contributed by atoms with Gasteiger partial charge < -0.3 is 9.88 Å². The first-order valence-corrected chi connectivity index (χ1v) is 6.91. The quantitative estimate of drug-likeness (QED) is 0.862. The minimum Gasteiger partial charge on any atom is -0.329 e. The maximum Gasteiger partial charge on any atom is 0.122 e. The van der Waals surface area contributed by atoms with E-state index in [1.165, 1.54) is 11.1 Å². The van der Waals surface area contributed by atoms with E-state index in [9.17, 15) is 0 Å². The molecule has 102 valence electrons. The molecule has 1 aromatic carbocycles. The maximum absolute atomic E-state index is 4.43. The van der Waals surface area contributed by atoms with Crippen LogP contribution in [0.1, 0.15) is 30.8 Å². The molecule has 2 aromatic rings. The largest absolute Gasteiger partial charge is 0.329 e. The van der Waals surface area contributed by atoms with Gasteiger partial charge in [-0.3, -0.25) is 0 Å². The van der Waals surface area contributed by atoms with Crippen molar-refractivity contribution in [2.75, 3.05) is 6.54 Å². The van der Waals surface area contributed by atoms with E-state index in [1.807, 2.05) is 6.20 Å². The molecule has 0 fully saturated rings. The van der Waals surface area contributed by atoms with Gasteiger partial charge in [-0.15, -0.1) is 0 Å². The normalized spacial score (nSPS) is 11.2. The molecule has 0 unspecified atom stereocenters. The lowest BCUT2D eigenvalue weighted by atomic mass is 10.1. The highest BCUT2D eigenvalue weighted by Crippen LogP contribution is 2.08. The smallest absolute Gasteiger partial charge is 0.122 e. The number of imidazole rings is 1. The fraction of sp³-hybridized carbons (Fsp3) is 0.438. The molecule has 0 aliphatic carbocycles. The van der Waals surface area contributed by atoms with Crippen molar-refractivity contribution in [2.24, 2.45) is 5.92 Å². The molecule has 2 rings (SSSR count). The third kappa shape index (κ3) is 4.21. The Bertz CT molecular complexity index is 514. The molecule has 3 nitrogen and oxygen atoms in total. The van der Waals surface area contributed by atoms with Crippen LogP contribution in [-0.2, 0) is 13.1 Å². The molecule has 0 saturated heterocycles. The van der Waals surface area contributed by atoms with Gasteiger partial charge in [0.05, 0.1) is 6.54 Å². The molecule has 0 radical (unpaired) electrons. The number of hydrogen-bond donors (Lipinski definition) is 1. The molecule has 1 heterocycles. The summed E-state index contributed by atoms with van der Waals surface area (Å²) < 4.78 is 2.21. The van der Waals surface area contributed by atoms with Gasteiger partial charge in [0.25, 0.3) is 0 Å². The summed E-state index contributed by atoms with van der Waals surface area (Å²) in [5.41, 5.74) is 2.63. The second-order valence-electron chi connectivity index (χ2n) is 5.49. The van der Waals surface area contributed by atoms with Crippen LogP contribution in [0.3, 0.4) is 0 Å². The van der Waals surface area contributed by atoms with Crippen molar-refractivity contribution in [3.05, 3.63) is 53.6 Å². The molecule has 19 heavy (non-hydrogen) atoms. The Labute approximate surface area is 115 Å². The van der Waals surface area contributed by atoms with Gasteiger partial charge in [-0.25, -0.2) is 4.98 Å². The van der Waals surface area contributed by atoms with E-state index in [-0.39, 0.29) is 0 Å². The number of rotatable bonds is 6. The molecule has 0 spiro atoms. The molecule has 1 N–H and O–H groups in total. The number of benzene rings is 1. The lowest BCUT2D eigenvalue weighted by Crippen LogP contribution is -2.21. The summed E-state index contributed by atoms with van der Waals surface area (Å²) in [6.07, 6.45) is 3.93. The fourth-order valence-electron chi connectivity index (χ4n) is 2.13. The zero-order valence-electron chi connectivity index (χ0n) is 12.1. The zero-order valence-corrected chi connectivity index (χ0v) is 12.1. The first-order chi connectivity index (χ1) is 9.15. The van der Waals surface area contributed by atoms with Crippen molar-refractivity contribution < 1.29 is 0 Å². The van der Waals surface area contributed by atoms with Gasteiger partial charge in [-0.1, -0.05) is 43.7 Å². The van der Waals surface area contributed by atoms with Crippen molar-refractivity contribution in [3.63, 3.8) is 0 Å². The molecule has 0 amide bonds. The summed E-state index contributed by atoms with van der Waals surface area (Å²) in [6.45, 7) is 9.30. The maximum atomic E-state index is 4.43. The van der Waals surface area contributed by atoms with Crippen molar-refractivity contribution in [2.45, 2.75) is 33.9 Å². The van der Waals surface area contributed by atoms with Gasteiger partial charge in [0, 0.05) is 18.9 Å². The van der Waals surface area contributed by atoms with Crippen LogP contribution in [0.15, 0.2) is 36.7 Å². The number of hydrogen-bond acceptors (Lipinski definition) is 2. The van der Waals surface area contributed by atoms with E-state index >= 15 is 0 Å². The molecular formula is C16H23N3. The minimum atomic E-state index is 0.667. The molecular weight excluding hydrogens is 234 g/mol. The number of aryl methyl sites for hydroxylation is 1. The van der Waals surface area contributed by atoms with Crippen molar-refractivity contribution >= 4 is 0 Å². The van der Waals surface area contributed by atoms with Crippen LogP contribution in [0, 0.1) is 12.8 Å². The molecule has 0 atom stereocenters. The second-order valence-corrected chi connectivity index (χ2v) is 5.49. The molecule has 0 aliphatic rings. The van der Waals surface area contributed by atoms with Gasteiger partial charge in [-0.2, -0.15) is 0 Å². The monoisotopic (exact) mass is 257 g/mol. The van der Waals surface area contributed by atoms with Crippen LogP contribution < -0.4 is 5.32 Å². The Morgan fingerprint density at radius 2 is 2.16 bits per heavy atom. The van der Waals surface area contributed by atoms with E-state index < -0.39 is 0 Å².